The number of para-hydroxylation sites is 1. The lowest BCUT2D eigenvalue weighted by atomic mass is 9.98. The average molecular weight is 370 g/mol. The molecule has 0 spiro atoms. The Morgan fingerprint density at radius 1 is 1.04 bits per heavy atom. The van der Waals surface area contributed by atoms with Crippen molar-refractivity contribution in [3.8, 4) is 0 Å². The maximum atomic E-state index is 4.87. The van der Waals surface area contributed by atoms with Gasteiger partial charge in [0.2, 0.25) is 0 Å². The van der Waals surface area contributed by atoms with Gasteiger partial charge in [0.1, 0.15) is 17.6 Å². The number of hydrogen-bond donors (Lipinski definition) is 1. The Morgan fingerprint density at radius 3 is 2.88 bits per heavy atom. The minimum atomic E-state index is 0.465. The molecule has 0 aliphatic carbocycles. The molecule has 0 amide bonds. The third kappa shape index (κ3) is 2.52. The van der Waals surface area contributed by atoms with Crippen molar-refractivity contribution in [3.05, 3.63) is 73.6 Å². The number of quaternary nitrogens is 1. The maximum Gasteiger partial charge on any atom is 0.150 e. The topological polar surface area (TPSA) is 17.3 Å². The molecule has 5 rings (SSSR count). The van der Waals surface area contributed by atoms with Crippen molar-refractivity contribution in [1.82, 2.24) is 4.98 Å². The number of aromatic nitrogens is 1. The molecule has 0 saturated heterocycles. The molecule has 0 radical (unpaired) electrons. The highest BCUT2D eigenvalue weighted by Crippen LogP contribution is 2.32. The monoisotopic (exact) mass is 369 g/mol. The normalized spacial score (nSPS) is 20.3. The molecule has 1 aromatic carbocycles. The minimum absolute atomic E-state index is 0.465. The number of fused-ring (bicyclic) bond motifs is 2. The molecule has 1 aliphatic rings. The molecule has 0 fully saturated rings. The van der Waals surface area contributed by atoms with Crippen LogP contribution in [0.3, 0.4) is 0 Å². The molecular weight excluding hydrogens is 352 g/mol. The fraction of sp³-hybridized carbons (Fsp3) is 0.211. The van der Waals surface area contributed by atoms with Crippen LogP contribution in [0, 0.1) is 0 Å². The molecule has 24 heavy (non-hydrogen) atoms. The van der Waals surface area contributed by atoms with Crippen molar-refractivity contribution in [2.75, 3.05) is 6.54 Å². The van der Waals surface area contributed by atoms with Crippen LogP contribution < -0.4 is 4.90 Å². The largest absolute Gasteiger partial charge is 0.318 e. The van der Waals surface area contributed by atoms with Crippen molar-refractivity contribution in [2.24, 2.45) is 0 Å². The standard InChI is InChI=1S/C19H16N2S3/c1-2-5-16-14(4-1)20-18(24-16)12-21-9-7-15-13(8-11-23-15)19(21)17-6-3-10-22-17/h1-6,8,10-11,19H,7,9,12H2/p+1/t19-/m1/s1. The Labute approximate surface area is 153 Å². The summed E-state index contributed by atoms with van der Waals surface area (Å²) in [5.74, 6) is 0. The quantitative estimate of drug-likeness (QED) is 0.574. The van der Waals surface area contributed by atoms with E-state index in [1.54, 1.807) is 9.78 Å². The Balaban J connectivity index is 1.52. The van der Waals surface area contributed by atoms with E-state index in [0.29, 0.717) is 6.04 Å². The zero-order valence-corrected chi connectivity index (χ0v) is 15.5. The van der Waals surface area contributed by atoms with E-state index in [1.165, 1.54) is 33.1 Å². The second-order valence-corrected chi connectivity index (χ2v) is 9.25. The summed E-state index contributed by atoms with van der Waals surface area (Å²) in [5.41, 5.74) is 2.67. The Bertz CT molecular complexity index is 935. The van der Waals surface area contributed by atoms with E-state index >= 15 is 0 Å². The van der Waals surface area contributed by atoms with Gasteiger partial charge < -0.3 is 4.90 Å². The first-order valence-corrected chi connectivity index (χ1v) is 10.7. The molecule has 3 aromatic heterocycles. The molecule has 0 saturated carbocycles. The van der Waals surface area contributed by atoms with E-state index in [1.807, 2.05) is 34.0 Å². The zero-order valence-electron chi connectivity index (χ0n) is 13.1. The van der Waals surface area contributed by atoms with Gasteiger partial charge >= 0.3 is 0 Å². The van der Waals surface area contributed by atoms with E-state index in [4.69, 9.17) is 4.98 Å². The second kappa shape index (κ2) is 6.08. The predicted octanol–water partition coefficient (Wildman–Crippen LogP) is 4.15. The Kier molecular flexibility index (Phi) is 3.74. The summed E-state index contributed by atoms with van der Waals surface area (Å²) < 4.78 is 1.30. The summed E-state index contributed by atoms with van der Waals surface area (Å²) in [7, 11) is 0. The van der Waals surface area contributed by atoms with E-state index in [9.17, 15) is 0 Å². The van der Waals surface area contributed by atoms with Crippen LogP contribution in [0.4, 0.5) is 0 Å². The first kappa shape index (κ1) is 14.8. The first-order chi connectivity index (χ1) is 11.9. The average Bonchev–Trinajstić information content (AvgIpc) is 3.34. The molecular formula is C19H17N2S3+. The first-order valence-electron chi connectivity index (χ1n) is 8.17. The minimum Gasteiger partial charge on any atom is -0.318 e. The fourth-order valence-corrected chi connectivity index (χ4v) is 6.48. The summed E-state index contributed by atoms with van der Waals surface area (Å²) in [6.45, 7) is 2.20. The van der Waals surface area contributed by atoms with Crippen LogP contribution in [0.1, 0.15) is 26.4 Å². The van der Waals surface area contributed by atoms with Gasteiger partial charge in [0.25, 0.3) is 0 Å². The van der Waals surface area contributed by atoms with Gasteiger partial charge in [-0.3, -0.25) is 0 Å². The number of nitrogens with one attached hydrogen (secondary N) is 1. The molecule has 0 bridgehead atoms. The number of nitrogens with zero attached hydrogens (tertiary/aromatic N) is 1. The highest BCUT2D eigenvalue weighted by atomic mass is 32.1. The molecule has 5 heteroatoms. The summed E-state index contributed by atoms with van der Waals surface area (Å²) in [6.07, 6.45) is 1.19. The van der Waals surface area contributed by atoms with E-state index in [2.05, 4.69) is 53.2 Å². The van der Waals surface area contributed by atoms with Crippen molar-refractivity contribution >= 4 is 44.2 Å². The highest BCUT2D eigenvalue weighted by molar-refractivity contribution is 7.18. The second-order valence-electron chi connectivity index (χ2n) is 6.16. The van der Waals surface area contributed by atoms with Gasteiger partial charge in [-0.25, -0.2) is 4.98 Å². The highest BCUT2D eigenvalue weighted by Gasteiger charge is 2.34. The Hall–Kier alpha value is -1.53. The third-order valence-corrected chi connectivity index (χ3v) is 7.69. The van der Waals surface area contributed by atoms with Crippen LogP contribution in [0.15, 0.2) is 53.2 Å². The number of benzene rings is 1. The van der Waals surface area contributed by atoms with Crippen molar-refractivity contribution in [1.29, 1.82) is 0 Å². The lowest BCUT2D eigenvalue weighted by Crippen LogP contribution is -3.12. The van der Waals surface area contributed by atoms with E-state index in [0.717, 1.165) is 12.1 Å². The molecule has 4 aromatic rings. The van der Waals surface area contributed by atoms with E-state index < -0.39 is 0 Å². The van der Waals surface area contributed by atoms with Crippen LogP contribution in [0.5, 0.6) is 0 Å². The lowest BCUT2D eigenvalue weighted by Gasteiger charge is -2.31. The van der Waals surface area contributed by atoms with E-state index in [-0.39, 0.29) is 0 Å². The fourth-order valence-electron chi connectivity index (χ4n) is 3.64. The van der Waals surface area contributed by atoms with Crippen LogP contribution in [0.2, 0.25) is 0 Å². The van der Waals surface area contributed by atoms with Crippen LogP contribution in [-0.4, -0.2) is 11.5 Å². The van der Waals surface area contributed by atoms with Crippen LogP contribution in [-0.2, 0) is 13.0 Å². The van der Waals surface area contributed by atoms with Gasteiger partial charge in [-0.1, -0.05) is 18.2 Å². The summed E-state index contributed by atoms with van der Waals surface area (Å²) in [5, 5.41) is 5.71. The predicted molar refractivity (Wildman–Crippen MR) is 103 cm³/mol. The van der Waals surface area contributed by atoms with Gasteiger partial charge in [-0.15, -0.1) is 34.0 Å². The number of thiazole rings is 1. The van der Waals surface area contributed by atoms with Gasteiger partial charge in [0, 0.05) is 16.9 Å². The Morgan fingerprint density at radius 2 is 2.00 bits per heavy atom. The van der Waals surface area contributed by atoms with Crippen LogP contribution in [0.25, 0.3) is 10.2 Å². The zero-order chi connectivity index (χ0) is 15.9. The smallest absolute Gasteiger partial charge is 0.150 e. The molecule has 1 unspecified atom stereocenters. The SMILES string of the molecule is c1csc([C@H]2c3ccsc3CC[NH+]2Cc2nc3ccccc3s2)c1. The molecule has 120 valence electrons. The summed E-state index contributed by atoms with van der Waals surface area (Å²) in [6, 6.07) is 15.7. The lowest BCUT2D eigenvalue weighted by molar-refractivity contribution is -0.940. The van der Waals surface area contributed by atoms with Gasteiger partial charge in [0.05, 0.1) is 21.6 Å². The number of hydrogen-bond acceptors (Lipinski definition) is 4. The van der Waals surface area contributed by atoms with Gasteiger partial charge in [-0.2, -0.15) is 0 Å². The van der Waals surface area contributed by atoms with Crippen molar-refractivity contribution in [3.63, 3.8) is 0 Å². The molecule has 2 atom stereocenters. The molecule has 1 N–H and O–H groups in total. The van der Waals surface area contributed by atoms with Gasteiger partial charge in [-0.05, 0) is 35.0 Å². The maximum absolute atomic E-state index is 4.87. The third-order valence-electron chi connectivity index (χ3n) is 4.72. The van der Waals surface area contributed by atoms with Crippen molar-refractivity contribution in [2.45, 2.75) is 19.0 Å². The molecule has 2 nitrogen and oxygen atoms in total. The molecule has 1 aliphatic heterocycles. The van der Waals surface area contributed by atoms with Gasteiger partial charge in [0.15, 0.2) is 0 Å². The van der Waals surface area contributed by atoms with Crippen LogP contribution >= 0.6 is 34.0 Å². The summed E-state index contributed by atoms with van der Waals surface area (Å²) in [4.78, 5) is 9.55. The van der Waals surface area contributed by atoms with Crippen molar-refractivity contribution < 1.29 is 4.90 Å². The molecule has 4 heterocycles. The number of thiophene rings is 2. The number of rotatable bonds is 3. The summed E-state index contributed by atoms with van der Waals surface area (Å²) >= 11 is 5.65.